The molecule has 286 valence electrons. The number of nitrogens with zero attached hydrogens (tertiary/aromatic N) is 4. The Labute approximate surface area is 354 Å². The van der Waals surface area contributed by atoms with E-state index in [2.05, 4.69) is 192 Å². The highest BCUT2D eigenvalue weighted by Gasteiger charge is 2.32. The molecule has 5 heteroatoms. The number of aromatic nitrogens is 3. The molecule has 61 heavy (non-hydrogen) atoms. The van der Waals surface area contributed by atoms with Crippen LogP contribution < -0.4 is 5.32 Å². The fourth-order valence-electron chi connectivity index (χ4n) is 8.75. The molecule has 1 N–H and O–H groups in total. The molecule has 1 aliphatic rings. The predicted octanol–water partition coefficient (Wildman–Crippen LogP) is 13.8. The number of nitrogens with one attached hydrogen (secondary N) is 1. The van der Waals surface area contributed by atoms with Crippen LogP contribution in [0.5, 0.6) is 0 Å². The quantitative estimate of drug-likeness (QED) is 0.175. The van der Waals surface area contributed by atoms with Gasteiger partial charge in [-0.25, -0.2) is 9.97 Å². The zero-order valence-corrected chi connectivity index (χ0v) is 33.1. The van der Waals surface area contributed by atoms with Crippen molar-refractivity contribution in [1.82, 2.24) is 14.5 Å². The number of benzene rings is 8. The summed E-state index contributed by atoms with van der Waals surface area (Å²) in [6.07, 6.45) is 0. The van der Waals surface area contributed by atoms with Crippen LogP contribution >= 0.6 is 0 Å². The van der Waals surface area contributed by atoms with Gasteiger partial charge in [-0.05, 0) is 76.3 Å². The van der Waals surface area contributed by atoms with Crippen LogP contribution in [0, 0.1) is 11.3 Å². The van der Waals surface area contributed by atoms with Crippen LogP contribution in [0.3, 0.4) is 0 Å². The van der Waals surface area contributed by atoms with Crippen LogP contribution in [0.4, 0.5) is 5.69 Å². The summed E-state index contributed by atoms with van der Waals surface area (Å²) in [5, 5.41) is 14.9. The zero-order valence-electron chi connectivity index (χ0n) is 33.1. The number of fused-ring (bicyclic) bond motifs is 5. The highest BCUT2D eigenvalue weighted by atomic mass is 15.1. The third-order valence-electron chi connectivity index (χ3n) is 11.7. The average molecular weight is 780 g/mol. The first-order chi connectivity index (χ1) is 30.2. The maximum atomic E-state index is 9.68. The molecule has 3 heterocycles. The van der Waals surface area contributed by atoms with Crippen molar-refractivity contribution in [2.24, 2.45) is 0 Å². The van der Waals surface area contributed by atoms with Crippen LogP contribution in [0.2, 0.25) is 0 Å². The number of hydrogen-bond acceptors (Lipinski definition) is 4. The smallest absolute Gasteiger partial charge is 0.160 e. The number of rotatable bonds is 7. The van der Waals surface area contributed by atoms with Crippen molar-refractivity contribution in [2.45, 2.75) is 6.04 Å². The first kappa shape index (κ1) is 35.8. The first-order valence-electron chi connectivity index (χ1n) is 20.5. The molecule has 10 aromatic rings. The minimum absolute atomic E-state index is 0.0743. The van der Waals surface area contributed by atoms with Gasteiger partial charge in [0.25, 0.3) is 0 Å². The molecule has 0 saturated carbocycles. The number of anilines is 1. The van der Waals surface area contributed by atoms with Gasteiger partial charge in [-0.3, -0.25) is 0 Å². The Bertz CT molecular complexity index is 3240. The van der Waals surface area contributed by atoms with Crippen molar-refractivity contribution in [2.75, 3.05) is 5.32 Å². The van der Waals surface area contributed by atoms with Gasteiger partial charge < -0.3 is 9.88 Å². The van der Waals surface area contributed by atoms with Crippen molar-refractivity contribution in [1.29, 1.82) is 5.26 Å². The second-order valence-electron chi connectivity index (χ2n) is 15.4. The predicted molar refractivity (Wildman–Crippen MR) is 248 cm³/mol. The number of para-hydroxylation sites is 3. The van der Waals surface area contributed by atoms with Crippen LogP contribution in [-0.4, -0.2) is 14.5 Å². The van der Waals surface area contributed by atoms with E-state index in [1.807, 2.05) is 36.4 Å². The molecule has 1 unspecified atom stereocenters. The molecule has 0 aliphatic carbocycles. The lowest BCUT2D eigenvalue weighted by Crippen LogP contribution is -2.20. The minimum Gasteiger partial charge on any atom is -0.372 e. The molecule has 11 rings (SSSR count). The van der Waals surface area contributed by atoms with Gasteiger partial charge >= 0.3 is 0 Å². The van der Waals surface area contributed by atoms with E-state index in [1.54, 1.807) is 0 Å². The summed E-state index contributed by atoms with van der Waals surface area (Å²) in [7, 11) is 0. The van der Waals surface area contributed by atoms with Gasteiger partial charge in [0.15, 0.2) is 5.82 Å². The molecule has 8 aromatic carbocycles. The lowest BCUT2D eigenvalue weighted by atomic mass is 9.89. The molecular weight excluding hydrogens is 743 g/mol. The summed E-state index contributed by atoms with van der Waals surface area (Å²) in [4.78, 5) is 10.2. The van der Waals surface area contributed by atoms with Crippen LogP contribution in [0.1, 0.15) is 22.9 Å². The van der Waals surface area contributed by atoms with E-state index in [0.29, 0.717) is 11.4 Å². The van der Waals surface area contributed by atoms with Gasteiger partial charge in [-0.2, -0.15) is 5.26 Å². The van der Waals surface area contributed by atoms with Gasteiger partial charge in [-0.15, -0.1) is 0 Å². The second kappa shape index (κ2) is 15.1. The second-order valence-corrected chi connectivity index (χ2v) is 15.4. The molecule has 1 aliphatic heterocycles. The molecule has 0 amide bonds. The molecule has 0 fully saturated rings. The van der Waals surface area contributed by atoms with E-state index in [0.717, 1.165) is 61.7 Å². The lowest BCUT2D eigenvalue weighted by Gasteiger charge is -2.30. The third-order valence-corrected chi connectivity index (χ3v) is 11.7. The highest BCUT2D eigenvalue weighted by molar-refractivity contribution is 6.04. The minimum atomic E-state index is -0.0743. The number of nitriles is 1. The zero-order chi connectivity index (χ0) is 40.7. The summed E-state index contributed by atoms with van der Waals surface area (Å²) in [6.45, 7) is 0. The first-order valence-corrected chi connectivity index (χ1v) is 20.5. The Morgan fingerprint density at radius 2 is 1.05 bits per heavy atom. The lowest BCUT2D eigenvalue weighted by molar-refractivity contribution is 0.846. The maximum absolute atomic E-state index is 9.68. The van der Waals surface area contributed by atoms with Crippen molar-refractivity contribution in [3.8, 4) is 79.0 Å². The van der Waals surface area contributed by atoms with Gasteiger partial charge in [0.05, 0.1) is 40.3 Å². The summed E-state index contributed by atoms with van der Waals surface area (Å²) < 4.78 is 2.42. The van der Waals surface area contributed by atoms with Crippen LogP contribution in [-0.2, 0) is 0 Å². The van der Waals surface area contributed by atoms with Crippen LogP contribution in [0.25, 0.3) is 83.9 Å². The van der Waals surface area contributed by atoms with Gasteiger partial charge in [0.1, 0.15) is 0 Å². The highest BCUT2D eigenvalue weighted by Crippen LogP contribution is 2.49. The van der Waals surface area contributed by atoms with E-state index in [9.17, 15) is 5.26 Å². The van der Waals surface area contributed by atoms with E-state index < -0.39 is 0 Å². The fraction of sp³-hybridized carbons (Fsp3) is 0.0179. The summed E-state index contributed by atoms with van der Waals surface area (Å²) in [5.74, 6) is 0.620. The van der Waals surface area contributed by atoms with Crippen LogP contribution in [0.15, 0.2) is 212 Å². The van der Waals surface area contributed by atoms with Crippen molar-refractivity contribution in [3.05, 3.63) is 229 Å². The van der Waals surface area contributed by atoms with E-state index in [1.165, 1.54) is 33.3 Å². The molecule has 0 spiro atoms. The summed E-state index contributed by atoms with van der Waals surface area (Å²) in [6, 6.07) is 76.1. The Hall–Kier alpha value is -8.33. The molecule has 0 bridgehead atoms. The molecular formula is C56H37N5. The Kier molecular flexibility index (Phi) is 8.87. The van der Waals surface area contributed by atoms with E-state index in [-0.39, 0.29) is 6.04 Å². The maximum Gasteiger partial charge on any atom is 0.160 e. The largest absolute Gasteiger partial charge is 0.372 e. The van der Waals surface area contributed by atoms with Gasteiger partial charge in [-0.1, -0.05) is 164 Å². The Morgan fingerprint density at radius 1 is 0.475 bits per heavy atom. The van der Waals surface area contributed by atoms with Crippen molar-refractivity contribution >= 4 is 16.6 Å². The molecule has 5 nitrogen and oxygen atoms in total. The van der Waals surface area contributed by atoms with Gasteiger partial charge in [0, 0.05) is 44.6 Å². The standard InChI is InChI=1S/C56H37N5/c57-36-37-13-11-17-44(33-37)50-35-51(45-18-12-16-43(34-45)38-14-3-1-4-15-38)60-56(59-50)42-31-27-40(28-32-42)39-25-29-41(30-26-39)54-55-53(47-21-7-9-23-49(47)58-54)48-22-8-10-24-52(48)61(55)46-19-5-2-6-20-46/h1-35,54,58H. The number of hydrogen-bond donors (Lipinski definition) is 1. The van der Waals surface area contributed by atoms with E-state index in [4.69, 9.17) is 9.97 Å². The topological polar surface area (TPSA) is 66.5 Å². The molecule has 0 saturated heterocycles. The average Bonchev–Trinajstić information content (AvgIpc) is 3.70. The Balaban J connectivity index is 0.955. The van der Waals surface area contributed by atoms with Crippen molar-refractivity contribution in [3.63, 3.8) is 0 Å². The molecule has 1 atom stereocenters. The molecule has 0 radical (unpaired) electrons. The van der Waals surface area contributed by atoms with Crippen molar-refractivity contribution < 1.29 is 0 Å². The monoisotopic (exact) mass is 779 g/mol. The normalized spacial score (nSPS) is 12.9. The van der Waals surface area contributed by atoms with Gasteiger partial charge in [0.2, 0.25) is 0 Å². The summed E-state index contributed by atoms with van der Waals surface area (Å²) >= 11 is 0. The fourth-order valence-corrected chi connectivity index (χ4v) is 8.75. The molecule has 2 aromatic heterocycles. The Morgan fingerprint density at radius 3 is 1.80 bits per heavy atom. The van der Waals surface area contributed by atoms with E-state index >= 15 is 0 Å². The summed E-state index contributed by atoms with van der Waals surface area (Å²) in [5.41, 5.74) is 17.8. The third kappa shape index (κ3) is 6.53. The SMILES string of the molecule is N#Cc1cccc(-c2cc(-c3cccc(-c4ccccc4)c3)nc(-c3ccc(-c4ccc(C5Nc6ccccc6-c6c5n(-c5ccccc5)c5ccccc65)cc4)cc3)n2)c1.